The molecule has 29 heavy (non-hydrogen) atoms. The first-order valence-electron chi connectivity index (χ1n) is 9.57. The number of hydrogen-bond donors (Lipinski definition) is 1. The van der Waals surface area contributed by atoms with Crippen molar-refractivity contribution in [2.45, 2.75) is 13.0 Å². The molecule has 1 atom stereocenters. The average Bonchev–Trinajstić information content (AvgIpc) is 3.06. The number of fused-ring (bicyclic) bond motifs is 1. The summed E-state index contributed by atoms with van der Waals surface area (Å²) in [5, 5.41) is 3.92. The quantitative estimate of drug-likeness (QED) is 0.611. The van der Waals surface area contributed by atoms with Crippen molar-refractivity contribution in [1.82, 2.24) is 10.2 Å². The lowest BCUT2D eigenvalue weighted by Gasteiger charge is -2.34. The van der Waals surface area contributed by atoms with Crippen LogP contribution in [0.3, 0.4) is 0 Å². The molecule has 2 heterocycles. The smallest absolute Gasteiger partial charge is 0.287 e. The lowest BCUT2D eigenvalue weighted by atomic mass is 10.0. The van der Waals surface area contributed by atoms with Crippen molar-refractivity contribution < 1.29 is 18.3 Å². The molecule has 1 saturated heterocycles. The number of nitrogens with one attached hydrogen (secondary N) is 1. The van der Waals surface area contributed by atoms with Gasteiger partial charge in [-0.2, -0.15) is 0 Å². The Morgan fingerprint density at radius 2 is 1.93 bits per heavy atom. The number of carbonyl (C=O) groups excluding carboxylic acids is 1. The molecule has 1 aliphatic rings. The number of rotatable bonds is 5. The van der Waals surface area contributed by atoms with E-state index in [0.717, 1.165) is 34.1 Å². The lowest BCUT2D eigenvalue weighted by molar-refractivity contribution is 0.0161. The predicted molar refractivity (Wildman–Crippen MR) is 113 cm³/mol. The number of amides is 1. The van der Waals surface area contributed by atoms with Crippen molar-refractivity contribution >= 4 is 32.8 Å². The number of nitrogens with zero attached hydrogens (tertiary/aromatic N) is 1. The van der Waals surface area contributed by atoms with Crippen LogP contribution in [0.5, 0.6) is 0 Å². The van der Waals surface area contributed by atoms with Crippen LogP contribution in [0, 0.1) is 12.7 Å². The van der Waals surface area contributed by atoms with Crippen molar-refractivity contribution in [1.29, 1.82) is 0 Å². The summed E-state index contributed by atoms with van der Waals surface area (Å²) in [6.07, 6.45) is 0. The summed E-state index contributed by atoms with van der Waals surface area (Å²) in [6.45, 7) is 5.08. The van der Waals surface area contributed by atoms with E-state index in [4.69, 9.17) is 9.15 Å². The molecule has 1 N–H and O–H groups in total. The van der Waals surface area contributed by atoms with Gasteiger partial charge < -0.3 is 14.5 Å². The molecular formula is C22H22BrFN2O3. The number of morpholine rings is 1. The van der Waals surface area contributed by atoms with E-state index >= 15 is 0 Å². The Morgan fingerprint density at radius 1 is 1.21 bits per heavy atom. The van der Waals surface area contributed by atoms with Gasteiger partial charge in [0.1, 0.15) is 11.4 Å². The van der Waals surface area contributed by atoms with E-state index in [1.54, 1.807) is 12.1 Å². The number of hydrogen-bond acceptors (Lipinski definition) is 4. The third kappa shape index (κ3) is 4.37. The van der Waals surface area contributed by atoms with Crippen LogP contribution in [0.15, 0.2) is 51.4 Å². The normalized spacial score (nSPS) is 16.1. The second kappa shape index (κ2) is 8.65. The first-order valence-corrected chi connectivity index (χ1v) is 10.4. The van der Waals surface area contributed by atoms with Crippen LogP contribution in [0.25, 0.3) is 11.0 Å². The summed E-state index contributed by atoms with van der Waals surface area (Å²) < 4.78 is 25.6. The zero-order valence-electron chi connectivity index (χ0n) is 16.1. The maximum atomic E-state index is 13.4. The summed E-state index contributed by atoms with van der Waals surface area (Å²) in [5.74, 6) is -0.212. The van der Waals surface area contributed by atoms with Gasteiger partial charge in [0.2, 0.25) is 0 Å². The highest BCUT2D eigenvalue weighted by atomic mass is 79.9. The Bertz CT molecular complexity index is 1010. The number of carbonyl (C=O) groups is 1. The minimum Gasteiger partial charge on any atom is -0.451 e. The van der Waals surface area contributed by atoms with E-state index in [1.807, 2.05) is 25.1 Å². The molecule has 152 valence electrons. The summed E-state index contributed by atoms with van der Waals surface area (Å²) >= 11 is 3.45. The van der Waals surface area contributed by atoms with E-state index in [0.29, 0.717) is 31.1 Å². The van der Waals surface area contributed by atoms with Crippen molar-refractivity contribution in [2.75, 3.05) is 32.8 Å². The number of aryl methyl sites for hydroxylation is 1. The average molecular weight is 461 g/mol. The Labute approximate surface area is 176 Å². The van der Waals surface area contributed by atoms with E-state index in [9.17, 15) is 9.18 Å². The molecule has 1 unspecified atom stereocenters. The molecule has 2 aromatic carbocycles. The molecule has 7 heteroatoms. The second-order valence-electron chi connectivity index (χ2n) is 7.12. The molecule has 3 aromatic rings. The summed E-state index contributed by atoms with van der Waals surface area (Å²) in [5.41, 5.74) is 2.45. The molecule has 0 saturated carbocycles. The fourth-order valence-corrected chi connectivity index (χ4v) is 4.07. The third-order valence-corrected chi connectivity index (χ3v) is 5.79. The first kappa shape index (κ1) is 20.1. The van der Waals surface area contributed by atoms with Crippen LogP contribution >= 0.6 is 15.9 Å². The van der Waals surface area contributed by atoms with Gasteiger partial charge in [-0.1, -0.05) is 28.1 Å². The maximum Gasteiger partial charge on any atom is 0.287 e. The number of furan rings is 1. The second-order valence-corrected chi connectivity index (χ2v) is 8.04. The van der Waals surface area contributed by atoms with Gasteiger partial charge >= 0.3 is 0 Å². The standard InChI is InChI=1S/C22H22BrFN2O3/c1-14-18-12-16(23)4-7-20(18)29-21(14)22(27)25-13-19(26-8-10-28-11-9-26)15-2-5-17(24)6-3-15/h2-7,12,19H,8-11,13H2,1H3,(H,25,27). The fraction of sp³-hybridized carbons (Fsp3) is 0.318. The highest BCUT2D eigenvalue weighted by Gasteiger charge is 2.25. The lowest BCUT2D eigenvalue weighted by Crippen LogP contribution is -2.43. The van der Waals surface area contributed by atoms with Gasteiger partial charge in [0.15, 0.2) is 5.76 Å². The van der Waals surface area contributed by atoms with Crippen molar-refractivity contribution in [3.63, 3.8) is 0 Å². The topological polar surface area (TPSA) is 54.7 Å². The minimum absolute atomic E-state index is 0.0673. The first-order chi connectivity index (χ1) is 14.0. The van der Waals surface area contributed by atoms with E-state index < -0.39 is 0 Å². The molecule has 0 aliphatic carbocycles. The molecule has 1 amide bonds. The zero-order chi connectivity index (χ0) is 20.4. The van der Waals surface area contributed by atoms with E-state index in [1.165, 1.54) is 12.1 Å². The number of ether oxygens (including phenoxy) is 1. The van der Waals surface area contributed by atoms with Gasteiger partial charge in [0.25, 0.3) is 5.91 Å². The summed E-state index contributed by atoms with van der Waals surface area (Å²) in [6, 6.07) is 12.0. The monoisotopic (exact) mass is 460 g/mol. The Kier molecular flexibility index (Phi) is 5.99. The SMILES string of the molecule is Cc1c(C(=O)NCC(c2ccc(F)cc2)N2CCOCC2)oc2ccc(Br)cc12. The highest BCUT2D eigenvalue weighted by Crippen LogP contribution is 2.28. The summed E-state index contributed by atoms with van der Waals surface area (Å²) in [7, 11) is 0. The van der Waals surface area contributed by atoms with Gasteiger partial charge in [-0.05, 0) is 42.8 Å². The molecule has 5 nitrogen and oxygen atoms in total. The zero-order valence-corrected chi connectivity index (χ0v) is 17.7. The molecule has 4 rings (SSSR count). The molecule has 1 fully saturated rings. The molecule has 0 radical (unpaired) electrons. The van der Waals surface area contributed by atoms with Crippen LogP contribution in [-0.4, -0.2) is 43.7 Å². The number of benzene rings is 2. The maximum absolute atomic E-state index is 13.4. The van der Waals surface area contributed by atoms with Crippen LogP contribution in [-0.2, 0) is 4.74 Å². The van der Waals surface area contributed by atoms with Crippen LogP contribution < -0.4 is 5.32 Å². The van der Waals surface area contributed by atoms with Gasteiger partial charge in [0.05, 0.1) is 19.3 Å². The Hall–Kier alpha value is -2.22. The number of halogens is 2. The van der Waals surface area contributed by atoms with Crippen molar-refractivity contribution in [2.24, 2.45) is 0 Å². The Morgan fingerprint density at radius 3 is 2.66 bits per heavy atom. The molecule has 1 aromatic heterocycles. The molecular weight excluding hydrogens is 439 g/mol. The van der Waals surface area contributed by atoms with Gasteiger partial charge in [-0.15, -0.1) is 0 Å². The van der Waals surface area contributed by atoms with E-state index in [-0.39, 0.29) is 17.8 Å². The van der Waals surface area contributed by atoms with Gasteiger partial charge in [-0.25, -0.2) is 4.39 Å². The highest BCUT2D eigenvalue weighted by molar-refractivity contribution is 9.10. The third-order valence-electron chi connectivity index (χ3n) is 5.30. The minimum atomic E-state index is -0.275. The fourth-order valence-electron chi connectivity index (χ4n) is 3.71. The van der Waals surface area contributed by atoms with Crippen LogP contribution in [0.4, 0.5) is 4.39 Å². The van der Waals surface area contributed by atoms with Crippen molar-refractivity contribution in [3.8, 4) is 0 Å². The van der Waals surface area contributed by atoms with Crippen LogP contribution in [0.2, 0.25) is 0 Å². The molecule has 0 bridgehead atoms. The van der Waals surface area contributed by atoms with Crippen molar-refractivity contribution in [3.05, 3.63) is 69.6 Å². The van der Waals surface area contributed by atoms with E-state index in [2.05, 4.69) is 26.1 Å². The van der Waals surface area contributed by atoms with Crippen LogP contribution in [0.1, 0.15) is 27.7 Å². The molecule has 0 spiro atoms. The Balaban J connectivity index is 1.54. The summed E-state index contributed by atoms with van der Waals surface area (Å²) in [4.78, 5) is 15.1. The van der Waals surface area contributed by atoms with Gasteiger partial charge in [0, 0.05) is 35.1 Å². The molecule has 1 aliphatic heterocycles. The largest absolute Gasteiger partial charge is 0.451 e. The predicted octanol–water partition coefficient (Wildman–Crippen LogP) is 4.45. The van der Waals surface area contributed by atoms with Gasteiger partial charge in [-0.3, -0.25) is 9.69 Å².